The van der Waals surface area contributed by atoms with Crippen LogP contribution < -0.4 is 11.1 Å². The van der Waals surface area contributed by atoms with Gasteiger partial charge in [-0.25, -0.2) is 0 Å². The Morgan fingerprint density at radius 1 is 1.53 bits per heavy atom. The Hall–Kier alpha value is -2.06. The molecule has 5 heteroatoms. The Kier molecular flexibility index (Phi) is 4.37. The summed E-state index contributed by atoms with van der Waals surface area (Å²) < 4.78 is 0.928. The van der Waals surface area contributed by atoms with Gasteiger partial charge in [0.2, 0.25) is 0 Å². The lowest BCUT2D eigenvalue weighted by atomic mass is 10.2. The molecule has 98 valence electrons. The molecular weight excluding hydrogens is 258 g/mol. The molecule has 2 heterocycles. The van der Waals surface area contributed by atoms with Crippen LogP contribution in [0.2, 0.25) is 0 Å². The molecule has 0 aliphatic rings. The highest BCUT2D eigenvalue weighted by atomic mass is 32.1. The van der Waals surface area contributed by atoms with Crippen molar-refractivity contribution >= 4 is 33.0 Å². The second kappa shape index (κ2) is 6.21. The van der Waals surface area contributed by atoms with Crippen molar-refractivity contribution in [2.75, 3.05) is 12.3 Å². The predicted molar refractivity (Wildman–Crippen MR) is 79.0 cm³/mol. The van der Waals surface area contributed by atoms with Gasteiger partial charge in [-0.15, -0.1) is 23.7 Å². The molecule has 2 rings (SSSR count). The van der Waals surface area contributed by atoms with Crippen LogP contribution in [0.1, 0.15) is 28.9 Å². The van der Waals surface area contributed by atoms with Gasteiger partial charge in [0.1, 0.15) is 4.88 Å². The second-order valence-electron chi connectivity index (χ2n) is 4.13. The minimum atomic E-state index is -0.126. The van der Waals surface area contributed by atoms with Crippen molar-refractivity contribution in [3.63, 3.8) is 0 Å². The first-order chi connectivity index (χ1) is 9.24. The van der Waals surface area contributed by atoms with Gasteiger partial charge >= 0.3 is 0 Å². The molecule has 0 unspecified atom stereocenters. The maximum atomic E-state index is 12.0. The molecule has 19 heavy (non-hydrogen) atoms. The van der Waals surface area contributed by atoms with E-state index in [0.717, 1.165) is 29.3 Å². The van der Waals surface area contributed by atoms with E-state index in [1.807, 2.05) is 6.07 Å². The number of nitrogen functional groups attached to an aromatic ring is 1. The van der Waals surface area contributed by atoms with Crippen LogP contribution in [0.15, 0.2) is 18.5 Å². The summed E-state index contributed by atoms with van der Waals surface area (Å²) in [6.07, 6.45) is 11.1. The first-order valence-corrected chi connectivity index (χ1v) is 6.89. The molecule has 3 N–H and O–H groups in total. The van der Waals surface area contributed by atoms with Crippen molar-refractivity contribution in [3.8, 4) is 12.3 Å². The third-order valence-electron chi connectivity index (χ3n) is 2.77. The first-order valence-electron chi connectivity index (χ1n) is 6.07. The predicted octanol–water partition coefficient (Wildman–Crippen LogP) is 2.41. The number of nitrogens with one attached hydrogen (secondary N) is 1. The van der Waals surface area contributed by atoms with E-state index in [-0.39, 0.29) is 5.91 Å². The van der Waals surface area contributed by atoms with E-state index in [9.17, 15) is 4.79 Å². The van der Waals surface area contributed by atoms with Crippen molar-refractivity contribution in [3.05, 3.63) is 23.3 Å². The average molecular weight is 273 g/mol. The van der Waals surface area contributed by atoms with E-state index in [1.165, 1.54) is 11.3 Å². The number of unbranched alkanes of at least 4 members (excludes halogenated alkanes) is 2. The molecule has 0 spiro atoms. The van der Waals surface area contributed by atoms with Gasteiger partial charge in [0.15, 0.2) is 0 Å². The van der Waals surface area contributed by atoms with Crippen molar-refractivity contribution in [1.82, 2.24) is 10.3 Å². The number of aromatic nitrogens is 1. The highest BCUT2D eigenvalue weighted by molar-refractivity contribution is 7.21. The minimum absolute atomic E-state index is 0.126. The number of anilines is 1. The number of pyridine rings is 1. The van der Waals surface area contributed by atoms with Crippen molar-refractivity contribution in [2.45, 2.75) is 19.3 Å². The topological polar surface area (TPSA) is 68.0 Å². The largest absolute Gasteiger partial charge is 0.397 e. The lowest BCUT2D eigenvalue weighted by molar-refractivity contribution is 0.0958. The molecule has 0 aromatic carbocycles. The van der Waals surface area contributed by atoms with E-state index < -0.39 is 0 Å². The third kappa shape index (κ3) is 3.04. The van der Waals surface area contributed by atoms with E-state index in [4.69, 9.17) is 12.2 Å². The number of nitrogens with zero attached hydrogens (tertiary/aromatic N) is 1. The molecule has 0 radical (unpaired) electrons. The molecule has 0 fully saturated rings. The fraction of sp³-hybridized carbons (Fsp3) is 0.286. The number of fused-ring (bicyclic) bond motifs is 1. The van der Waals surface area contributed by atoms with Crippen LogP contribution in [0.25, 0.3) is 10.1 Å². The quantitative estimate of drug-likeness (QED) is 0.649. The van der Waals surface area contributed by atoms with E-state index in [0.29, 0.717) is 17.1 Å². The summed E-state index contributed by atoms with van der Waals surface area (Å²) in [5.41, 5.74) is 6.52. The molecule has 0 aliphatic carbocycles. The van der Waals surface area contributed by atoms with E-state index in [2.05, 4.69) is 16.2 Å². The van der Waals surface area contributed by atoms with Gasteiger partial charge in [0.25, 0.3) is 5.91 Å². The van der Waals surface area contributed by atoms with Gasteiger partial charge in [-0.05, 0) is 18.9 Å². The molecule has 0 aliphatic heterocycles. The van der Waals surface area contributed by atoms with Crippen LogP contribution in [0.4, 0.5) is 5.69 Å². The molecular formula is C14H15N3OS. The van der Waals surface area contributed by atoms with Gasteiger partial charge < -0.3 is 11.1 Å². The van der Waals surface area contributed by atoms with Gasteiger partial charge in [0, 0.05) is 30.7 Å². The number of amides is 1. The number of thiophene rings is 1. The standard InChI is InChI=1S/C14H15N3OS/c1-2-3-4-5-7-17-14(18)13-12(15)10-6-8-16-9-11(10)19-13/h1,6,8-9H,3-5,7,15H2,(H,17,18). The van der Waals surface area contributed by atoms with Crippen LogP contribution in [-0.4, -0.2) is 17.4 Å². The second-order valence-corrected chi connectivity index (χ2v) is 5.19. The summed E-state index contributed by atoms with van der Waals surface area (Å²) in [5.74, 6) is 2.45. The fourth-order valence-electron chi connectivity index (χ4n) is 1.77. The van der Waals surface area contributed by atoms with Crippen molar-refractivity contribution < 1.29 is 4.79 Å². The minimum Gasteiger partial charge on any atom is -0.397 e. The number of carbonyl (C=O) groups is 1. The van der Waals surface area contributed by atoms with Crippen molar-refractivity contribution in [2.24, 2.45) is 0 Å². The summed E-state index contributed by atoms with van der Waals surface area (Å²) in [7, 11) is 0. The Morgan fingerprint density at radius 2 is 2.37 bits per heavy atom. The lowest BCUT2D eigenvalue weighted by Crippen LogP contribution is -2.24. The SMILES string of the molecule is C#CCCCCNC(=O)c1sc2cnccc2c1N. The van der Waals surface area contributed by atoms with Crippen LogP contribution in [0.3, 0.4) is 0 Å². The molecule has 0 atom stereocenters. The van der Waals surface area contributed by atoms with Crippen LogP contribution in [-0.2, 0) is 0 Å². The molecule has 0 saturated carbocycles. The monoisotopic (exact) mass is 273 g/mol. The summed E-state index contributed by atoms with van der Waals surface area (Å²) in [5, 5.41) is 3.75. The highest BCUT2D eigenvalue weighted by Crippen LogP contribution is 2.32. The van der Waals surface area contributed by atoms with E-state index in [1.54, 1.807) is 12.4 Å². The lowest BCUT2D eigenvalue weighted by Gasteiger charge is -2.03. The average Bonchev–Trinajstić information content (AvgIpc) is 2.76. The zero-order chi connectivity index (χ0) is 13.7. The van der Waals surface area contributed by atoms with Crippen molar-refractivity contribution in [1.29, 1.82) is 0 Å². The summed E-state index contributed by atoms with van der Waals surface area (Å²) >= 11 is 1.37. The smallest absolute Gasteiger partial charge is 0.263 e. The Morgan fingerprint density at radius 3 is 3.11 bits per heavy atom. The van der Waals surface area contributed by atoms with E-state index >= 15 is 0 Å². The fourth-order valence-corrected chi connectivity index (χ4v) is 2.78. The Balaban J connectivity index is 2.02. The molecule has 0 bridgehead atoms. The number of hydrogen-bond acceptors (Lipinski definition) is 4. The van der Waals surface area contributed by atoms with Gasteiger partial charge in [-0.1, -0.05) is 0 Å². The first kappa shape index (κ1) is 13.4. The zero-order valence-corrected chi connectivity index (χ0v) is 11.3. The number of rotatable bonds is 5. The Labute approximate surface area is 116 Å². The van der Waals surface area contributed by atoms with Crippen LogP contribution >= 0.6 is 11.3 Å². The normalized spacial score (nSPS) is 10.3. The Bertz CT molecular complexity index is 627. The summed E-state index contributed by atoms with van der Waals surface area (Å²) in [6, 6.07) is 1.82. The van der Waals surface area contributed by atoms with Crippen LogP contribution in [0.5, 0.6) is 0 Å². The van der Waals surface area contributed by atoms with Gasteiger partial charge in [-0.3, -0.25) is 9.78 Å². The number of carbonyl (C=O) groups excluding carboxylic acids is 1. The summed E-state index contributed by atoms with van der Waals surface area (Å²) in [4.78, 5) is 16.6. The summed E-state index contributed by atoms with van der Waals surface area (Å²) in [6.45, 7) is 0.618. The molecule has 2 aromatic rings. The number of terminal acetylenes is 1. The molecule has 4 nitrogen and oxygen atoms in total. The maximum Gasteiger partial charge on any atom is 0.263 e. The highest BCUT2D eigenvalue weighted by Gasteiger charge is 2.15. The third-order valence-corrected chi connectivity index (χ3v) is 3.93. The van der Waals surface area contributed by atoms with Gasteiger partial charge in [0.05, 0.1) is 10.4 Å². The van der Waals surface area contributed by atoms with Gasteiger partial charge in [-0.2, -0.15) is 0 Å². The molecule has 2 aromatic heterocycles. The zero-order valence-electron chi connectivity index (χ0n) is 10.5. The maximum absolute atomic E-state index is 12.0. The molecule has 1 amide bonds. The number of nitrogens with two attached hydrogens (primary N) is 1. The molecule has 0 saturated heterocycles. The number of hydrogen-bond donors (Lipinski definition) is 2. The van der Waals surface area contributed by atoms with Crippen LogP contribution in [0, 0.1) is 12.3 Å².